The number of hydrogen-bond acceptors (Lipinski definition) is 2. The first kappa shape index (κ1) is 14.1. The Hall–Kier alpha value is -0.240. The Balaban J connectivity index is 1.51. The van der Waals surface area contributed by atoms with Gasteiger partial charge in [-0.3, -0.25) is 4.79 Å². The molecule has 2 heteroatoms. The van der Waals surface area contributed by atoms with Crippen molar-refractivity contribution in [1.82, 2.24) is 0 Å². The molecule has 0 radical (unpaired) electrons. The van der Waals surface area contributed by atoms with Gasteiger partial charge in [0.05, 0.1) is 0 Å². The summed E-state index contributed by atoms with van der Waals surface area (Å²) in [6, 6.07) is 0. The number of carbonyl (C=O) groups is 1. The highest BCUT2D eigenvalue weighted by Gasteiger charge is 2.68. The fourth-order valence-corrected chi connectivity index (χ4v) is 8.71. The molecule has 5 rings (SSSR count). The Kier molecular flexibility index (Phi) is 2.72. The van der Waals surface area contributed by atoms with E-state index in [0.29, 0.717) is 21.4 Å². The summed E-state index contributed by atoms with van der Waals surface area (Å²) < 4.78 is 0.683. The van der Waals surface area contributed by atoms with E-state index in [4.69, 9.17) is 0 Å². The lowest BCUT2D eigenvalue weighted by Gasteiger charge is -2.58. The van der Waals surface area contributed by atoms with Gasteiger partial charge in [-0.25, -0.2) is 0 Å². The predicted octanol–water partition coefficient (Wildman–Crippen LogP) is 5.00. The van der Waals surface area contributed by atoms with Gasteiger partial charge in [-0.05, 0) is 79.6 Å². The molecule has 120 valence electrons. The number of rotatable bonds is 0. The molecule has 3 saturated carbocycles. The average Bonchev–Trinajstić information content (AvgIpc) is 3.22. The Morgan fingerprint density at radius 2 is 1.82 bits per heavy atom. The number of ketones is 1. The van der Waals surface area contributed by atoms with E-state index >= 15 is 0 Å². The van der Waals surface area contributed by atoms with E-state index < -0.39 is 0 Å². The summed E-state index contributed by atoms with van der Waals surface area (Å²) in [5.41, 5.74) is 2.49. The third-order valence-electron chi connectivity index (χ3n) is 8.74. The normalized spacial score (nSPS) is 56.2. The molecular formula is C20H28OS. The smallest absolute Gasteiger partial charge is 0.155 e. The Bertz CT molecular complexity index is 574. The number of allylic oxidation sites excluding steroid dienone is 1. The number of thioether (sulfide) groups is 1. The van der Waals surface area contributed by atoms with Crippen molar-refractivity contribution in [2.75, 3.05) is 5.75 Å². The largest absolute Gasteiger partial charge is 0.295 e. The fourth-order valence-electron chi connectivity index (χ4n) is 7.21. The van der Waals surface area contributed by atoms with Crippen LogP contribution >= 0.6 is 11.8 Å². The SMILES string of the molecule is C[C@]12CCC(=O)C=C1CCC1C2CC[C@@]2(C)C1CC[C@]21CS1. The molecule has 0 bridgehead atoms. The summed E-state index contributed by atoms with van der Waals surface area (Å²) in [5.74, 6) is 4.60. The zero-order chi connectivity index (χ0) is 15.2. The molecule has 3 unspecified atom stereocenters. The van der Waals surface area contributed by atoms with E-state index in [0.717, 1.165) is 30.6 Å². The molecule has 0 N–H and O–H groups in total. The quantitative estimate of drug-likeness (QED) is 0.585. The van der Waals surface area contributed by atoms with Crippen LogP contribution in [-0.2, 0) is 4.79 Å². The highest BCUT2D eigenvalue weighted by Crippen LogP contribution is 2.75. The standard InChI is InChI=1S/C20H28OS/c1-18-8-5-14(21)11-13(18)3-4-15-16(18)6-9-19(2)17(15)7-10-20(19)12-22-20/h11,15-17H,3-10,12H2,1-2H3/t15?,16?,17?,18-,19-,20-/m0/s1. The van der Waals surface area contributed by atoms with Crippen molar-refractivity contribution in [2.45, 2.75) is 70.0 Å². The van der Waals surface area contributed by atoms with Crippen LogP contribution in [0, 0.1) is 28.6 Å². The second kappa shape index (κ2) is 4.23. The summed E-state index contributed by atoms with van der Waals surface area (Å²) in [6.45, 7) is 5.14. The molecule has 0 amide bonds. The van der Waals surface area contributed by atoms with Gasteiger partial charge in [0, 0.05) is 16.9 Å². The number of fused-ring (bicyclic) bond motifs is 6. The third-order valence-corrected chi connectivity index (χ3v) is 10.4. The molecule has 1 spiro atoms. The van der Waals surface area contributed by atoms with Gasteiger partial charge in [0.2, 0.25) is 0 Å². The first-order valence-corrected chi connectivity index (χ1v) is 10.3. The van der Waals surface area contributed by atoms with Gasteiger partial charge >= 0.3 is 0 Å². The van der Waals surface area contributed by atoms with Crippen LogP contribution in [0.2, 0.25) is 0 Å². The maximum Gasteiger partial charge on any atom is 0.155 e. The fraction of sp³-hybridized carbons (Fsp3) is 0.850. The third kappa shape index (κ3) is 1.56. The molecule has 6 atom stereocenters. The minimum Gasteiger partial charge on any atom is -0.295 e. The molecule has 0 aromatic rings. The van der Waals surface area contributed by atoms with Crippen LogP contribution in [0.15, 0.2) is 11.6 Å². The van der Waals surface area contributed by atoms with E-state index in [1.807, 2.05) is 6.08 Å². The van der Waals surface area contributed by atoms with Gasteiger partial charge in [-0.1, -0.05) is 19.4 Å². The van der Waals surface area contributed by atoms with Gasteiger partial charge in [-0.15, -0.1) is 0 Å². The van der Waals surface area contributed by atoms with Crippen molar-refractivity contribution >= 4 is 17.5 Å². The van der Waals surface area contributed by atoms with Crippen LogP contribution in [-0.4, -0.2) is 16.3 Å². The van der Waals surface area contributed by atoms with Gasteiger partial charge in [0.15, 0.2) is 5.78 Å². The lowest BCUT2D eigenvalue weighted by Crippen LogP contribution is -2.51. The lowest BCUT2D eigenvalue weighted by atomic mass is 9.47. The van der Waals surface area contributed by atoms with E-state index in [1.54, 1.807) is 0 Å². The summed E-state index contributed by atoms with van der Waals surface area (Å²) >= 11 is 2.27. The molecule has 0 aromatic carbocycles. The summed E-state index contributed by atoms with van der Waals surface area (Å²) in [4.78, 5) is 11.9. The molecule has 1 heterocycles. The Morgan fingerprint density at radius 1 is 1.05 bits per heavy atom. The van der Waals surface area contributed by atoms with Gasteiger partial charge in [-0.2, -0.15) is 11.8 Å². The van der Waals surface area contributed by atoms with Gasteiger partial charge in [0.1, 0.15) is 0 Å². The zero-order valence-electron chi connectivity index (χ0n) is 14.0. The second-order valence-electron chi connectivity index (χ2n) is 9.25. The zero-order valence-corrected chi connectivity index (χ0v) is 14.8. The van der Waals surface area contributed by atoms with Gasteiger partial charge in [0.25, 0.3) is 0 Å². The minimum absolute atomic E-state index is 0.352. The molecule has 4 fully saturated rings. The maximum absolute atomic E-state index is 11.9. The van der Waals surface area contributed by atoms with Crippen molar-refractivity contribution < 1.29 is 4.79 Å². The molecule has 1 nitrogen and oxygen atoms in total. The van der Waals surface area contributed by atoms with Crippen LogP contribution in [0.1, 0.15) is 65.2 Å². The van der Waals surface area contributed by atoms with E-state index in [-0.39, 0.29) is 0 Å². The summed E-state index contributed by atoms with van der Waals surface area (Å²) in [5, 5.41) is 0. The lowest BCUT2D eigenvalue weighted by molar-refractivity contribution is -0.117. The number of hydrogen-bond donors (Lipinski definition) is 0. The molecule has 4 aliphatic carbocycles. The Labute approximate surface area is 138 Å². The Morgan fingerprint density at radius 3 is 2.59 bits per heavy atom. The van der Waals surface area contributed by atoms with Gasteiger partial charge < -0.3 is 0 Å². The number of carbonyl (C=O) groups excluding carboxylic acids is 1. The monoisotopic (exact) mass is 316 g/mol. The van der Waals surface area contributed by atoms with E-state index in [2.05, 4.69) is 25.6 Å². The molecule has 22 heavy (non-hydrogen) atoms. The molecule has 1 aliphatic heterocycles. The molecule has 0 aromatic heterocycles. The highest BCUT2D eigenvalue weighted by molar-refractivity contribution is 8.08. The van der Waals surface area contributed by atoms with Crippen molar-refractivity contribution in [3.8, 4) is 0 Å². The van der Waals surface area contributed by atoms with Crippen LogP contribution in [0.5, 0.6) is 0 Å². The topological polar surface area (TPSA) is 17.1 Å². The maximum atomic E-state index is 11.9. The average molecular weight is 317 g/mol. The van der Waals surface area contributed by atoms with Crippen molar-refractivity contribution in [1.29, 1.82) is 0 Å². The second-order valence-corrected chi connectivity index (χ2v) is 10.6. The van der Waals surface area contributed by atoms with Crippen LogP contribution < -0.4 is 0 Å². The molecular weight excluding hydrogens is 288 g/mol. The molecule has 1 saturated heterocycles. The van der Waals surface area contributed by atoms with Crippen LogP contribution in [0.25, 0.3) is 0 Å². The van der Waals surface area contributed by atoms with Crippen LogP contribution in [0.3, 0.4) is 0 Å². The molecule has 5 aliphatic rings. The minimum atomic E-state index is 0.352. The van der Waals surface area contributed by atoms with Crippen molar-refractivity contribution in [3.05, 3.63) is 11.6 Å². The van der Waals surface area contributed by atoms with E-state index in [1.165, 1.54) is 49.9 Å². The van der Waals surface area contributed by atoms with Crippen molar-refractivity contribution in [2.24, 2.45) is 28.6 Å². The van der Waals surface area contributed by atoms with Crippen molar-refractivity contribution in [3.63, 3.8) is 0 Å². The first-order valence-electron chi connectivity index (χ1n) is 9.36. The predicted molar refractivity (Wildman–Crippen MR) is 91.9 cm³/mol. The highest BCUT2D eigenvalue weighted by atomic mass is 32.2. The van der Waals surface area contributed by atoms with Crippen LogP contribution in [0.4, 0.5) is 0 Å². The van der Waals surface area contributed by atoms with E-state index in [9.17, 15) is 4.79 Å². The first-order chi connectivity index (χ1) is 10.5. The summed E-state index contributed by atoms with van der Waals surface area (Å²) in [7, 11) is 0. The summed E-state index contributed by atoms with van der Waals surface area (Å²) in [6.07, 6.45) is 12.4.